The number of benzene rings is 1. The van der Waals surface area contributed by atoms with Crippen molar-refractivity contribution in [1.29, 1.82) is 0 Å². The lowest BCUT2D eigenvalue weighted by Gasteiger charge is -2.40. The first-order valence-electron chi connectivity index (χ1n) is 9.42. The van der Waals surface area contributed by atoms with E-state index < -0.39 is 5.97 Å². The lowest BCUT2D eigenvalue weighted by Crippen LogP contribution is -2.41. The van der Waals surface area contributed by atoms with E-state index in [0.29, 0.717) is 11.2 Å². The first-order valence-corrected chi connectivity index (χ1v) is 10.2. The van der Waals surface area contributed by atoms with Crippen molar-refractivity contribution in [3.05, 3.63) is 41.6 Å². The summed E-state index contributed by atoms with van der Waals surface area (Å²) in [5.41, 5.74) is 3.39. The Morgan fingerprint density at radius 2 is 2.00 bits per heavy atom. The van der Waals surface area contributed by atoms with Gasteiger partial charge in [0.15, 0.2) is 11.7 Å². The van der Waals surface area contributed by atoms with Crippen LogP contribution in [0.3, 0.4) is 0 Å². The molecule has 1 spiro atoms. The molecule has 2 aliphatic rings. The predicted octanol–water partition coefficient (Wildman–Crippen LogP) is 1.54. The molecule has 29 heavy (non-hydrogen) atoms. The van der Waals surface area contributed by atoms with Crippen molar-refractivity contribution in [3.8, 4) is 10.7 Å². The van der Waals surface area contributed by atoms with Crippen molar-refractivity contribution in [3.63, 3.8) is 0 Å². The van der Waals surface area contributed by atoms with Crippen LogP contribution in [0.25, 0.3) is 10.7 Å². The van der Waals surface area contributed by atoms with Crippen LogP contribution < -0.4 is 4.90 Å². The molecule has 5 rings (SSSR count). The summed E-state index contributed by atoms with van der Waals surface area (Å²) in [4.78, 5) is 19.5. The van der Waals surface area contributed by atoms with E-state index in [9.17, 15) is 4.79 Å². The molecule has 0 amide bonds. The highest BCUT2D eigenvalue weighted by Crippen LogP contribution is 2.47. The average molecular weight is 414 g/mol. The zero-order valence-corrected chi connectivity index (χ0v) is 16.6. The smallest absolute Gasteiger partial charge is 0.327 e. The van der Waals surface area contributed by atoms with Crippen LogP contribution in [0.2, 0.25) is 0 Å². The minimum absolute atomic E-state index is 0. The first-order chi connectivity index (χ1) is 13.6. The van der Waals surface area contributed by atoms with Crippen LogP contribution in [-0.4, -0.2) is 54.8 Å². The number of aliphatic carboxylic acids is 1. The SMILES string of the molecule is O.O=C(O)Cn1nnc(-c2cnc(N3CCC4(CCc5ccccc54)CC3)s2)n1. The largest absolute Gasteiger partial charge is 0.480 e. The van der Waals surface area contributed by atoms with Gasteiger partial charge in [0.05, 0.1) is 11.1 Å². The second-order valence-electron chi connectivity index (χ2n) is 7.47. The summed E-state index contributed by atoms with van der Waals surface area (Å²) in [6.45, 7) is 1.68. The highest BCUT2D eigenvalue weighted by molar-refractivity contribution is 7.18. The van der Waals surface area contributed by atoms with E-state index in [2.05, 4.69) is 49.6 Å². The van der Waals surface area contributed by atoms with Crippen molar-refractivity contribution in [2.24, 2.45) is 0 Å². The van der Waals surface area contributed by atoms with Crippen molar-refractivity contribution < 1.29 is 15.4 Å². The molecule has 152 valence electrons. The fraction of sp³-hybridized carbons (Fsp3) is 0.421. The van der Waals surface area contributed by atoms with Crippen LogP contribution >= 0.6 is 11.3 Å². The maximum absolute atomic E-state index is 10.8. The Labute approximate surface area is 171 Å². The third-order valence-electron chi connectivity index (χ3n) is 5.90. The summed E-state index contributed by atoms with van der Waals surface area (Å²) in [5, 5.41) is 21.7. The van der Waals surface area contributed by atoms with E-state index in [1.807, 2.05) is 0 Å². The first kappa shape index (κ1) is 19.5. The number of anilines is 1. The maximum atomic E-state index is 10.8. The Kier molecular flexibility index (Phi) is 5.05. The number of aromatic nitrogens is 5. The standard InChI is InChI=1S/C19H20N6O2S.H2O/c26-16(27)12-25-22-17(21-23-25)15-11-20-18(28-15)24-9-7-19(8-10-24)6-5-13-3-1-2-4-14(13)19;/h1-4,11H,5-10,12H2,(H,26,27);1H2. The molecule has 1 aliphatic heterocycles. The van der Waals surface area contributed by atoms with Crippen LogP contribution in [0.5, 0.6) is 0 Å². The molecule has 3 heterocycles. The average Bonchev–Trinajstić information content (AvgIpc) is 3.42. The summed E-state index contributed by atoms with van der Waals surface area (Å²) < 4.78 is 0. The molecular weight excluding hydrogens is 392 g/mol. The molecule has 0 unspecified atom stereocenters. The molecule has 2 aromatic heterocycles. The lowest BCUT2D eigenvalue weighted by molar-refractivity contribution is -0.138. The number of rotatable bonds is 4. The van der Waals surface area contributed by atoms with Crippen LogP contribution in [0.4, 0.5) is 5.13 Å². The third kappa shape index (κ3) is 3.49. The van der Waals surface area contributed by atoms with Gasteiger partial charge in [-0.05, 0) is 47.4 Å². The van der Waals surface area contributed by atoms with Crippen molar-refractivity contribution in [2.45, 2.75) is 37.6 Å². The summed E-state index contributed by atoms with van der Waals surface area (Å²) in [7, 11) is 0. The Balaban J connectivity index is 0.00000205. The third-order valence-corrected chi connectivity index (χ3v) is 6.95. The number of fused-ring (bicyclic) bond motifs is 2. The quantitative estimate of drug-likeness (QED) is 0.685. The van der Waals surface area contributed by atoms with Crippen molar-refractivity contribution in [1.82, 2.24) is 25.2 Å². The molecule has 9 nitrogen and oxygen atoms in total. The van der Waals surface area contributed by atoms with Gasteiger partial charge in [0, 0.05) is 13.1 Å². The molecule has 0 radical (unpaired) electrons. The number of thiazole rings is 1. The van der Waals surface area contributed by atoms with Gasteiger partial charge < -0.3 is 15.5 Å². The zero-order valence-electron chi connectivity index (χ0n) is 15.8. The molecule has 1 fully saturated rings. The monoisotopic (exact) mass is 414 g/mol. The van der Waals surface area contributed by atoms with Gasteiger partial charge in [0.25, 0.3) is 0 Å². The van der Waals surface area contributed by atoms with Gasteiger partial charge in [-0.25, -0.2) is 4.98 Å². The van der Waals surface area contributed by atoms with Gasteiger partial charge in [-0.3, -0.25) is 4.79 Å². The number of carbonyl (C=O) groups is 1. The molecular formula is C19H22N6O3S. The van der Waals surface area contributed by atoms with Crippen molar-refractivity contribution in [2.75, 3.05) is 18.0 Å². The Morgan fingerprint density at radius 1 is 1.21 bits per heavy atom. The van der Waals surface area contributed by atoms with Crippen LogP contribution in [0.15, 0.2) is 30.5 Å². The number of carboxylic acids is 1. The molecule has 3 N–H and O–H groups in total. The van der Waals surface area contributed by atoms with Gasteiger partial charge in [0.2, 0.25) is 5.82 Å². The number of nitrogens with zero attached hydrogens (tertiary/aromatic N) is 6. The summed E-state index contributed by atoms with van der Waals surface area (Å²) in [5.74, 6) is -0.576. The summed E-state index contributed by atoms with van der Waals surface area (Å²) in [6, 6.07) is 8.89. The fourth-order valence-electron chi connectivity index (χ4n) is 4.45. The lowest BCUT2D eigenvalue weighted by atomic mass is 9.74. The minimum atomic E-state index is -0.996. The highest BCUT2D eigenvalue weighted by atomic mass is 32.1. The van der Waals surface area contributed by atoms with E-state index in [4.69, 9.17) is 5.11 Å². The zero-order chi connectivity index (χ0) is 19.1. The van der Waals surface area contributed by atoms with Crippen LogP contribution in [0, 0.1) is 0 Å². The number of tetrazole rings is 1. The summed E-state index contributed by atoms with van der Waals surface area (Å²) in [6.07, 6.45) is 6.48. The van der Waals surface area contributed by atoms with Crippen LogP contribution in [-0.2, 0) is 23.2 Å². The number of hydrogen-bond acceptors (Lipinski definition) is 7. The van der Waals surface area contributed by atoms with E-state index >= 15 is 0 Å². The van der Waals surface area contributed by atoms with Crippen LogP contribution in [0.1, 0.15) is 30.4 Å². The molecule has 1 saturated heterocycles. The van der Waals surface area contributed by atoms with Gasteiger partial charge in [-0.1, -0.05) is 35.6 Å². The minimum Gasteiger partial charge on any atom is -0.480 e. The normalized spacial score (nSPS) is 17.2. The Bertz CT molecular complexity index is 1020. The second-order valence-corrected chi connectivity index (χ2v) is 8.48. The molecule has 0 saturated carbocycles. The Hall–Kier alpha value is -2.85. The molecule has 10 heteroatoms. The maximum Gasteiger partial charge on any atom is 0.327 e. The van der Waals surface area contributed by atoms with Gasteiger partial charge >= 0.3 is 5.97 Å². The second kappa shape index (κ2) is 7.53. The molecule has 0 bridgehead atoms. The number of aryl methyl sites for hydroxylation is 1. The predicted molar refractivity (Wildman–Crippen MR) is 108 cm³/mol. The molecule has 3 aromatic rings. The Morgan fingerprint density at radius 3 is 2.79 bits per heavy atom. The van der Waals surface area contributed by atoms with Gasteiger partial charge in [-0.15, -0.1) is 10.2 Å². The molecule has 1 aliphatic carbocycles. The molecule has 1 aromatic carbocycles. The summed E-state index contributed by atoms with van der Waals surface area (Å²) >= 11 is 1.53. The fourth-order valence-corrected chi connectivity index (χ4v) is 5.35. The van der Waals surface area contributed by atoms with Crippen molar-refractivity contribution >= 4 is 22.4 Å². The number of piperidine rings is 1. The van der Waals surface area contributed by atoms with E-state index in [1.165, 1.54) is 29.7 Å². The number of carboxylic acid groups (broad SMARTS) is 1. The van der Waals surface area contributed by atoms with E-state index in [0.717, 1.165) is 40.7 Å². The molecule has 0 atom stereocenters. The number of hydrogen-bond donors (Lipinski definition) is 1. The highest BCUT2D eigenvalue weighted by Gasteiger charge is 2.41. The van der Waals surface area contributed by atoms with E-state index in [1.54, 1.807) is 11.8 Å². The van der Waals surface area contributed by atoms with E-state index in [-0.39, 0.29) is 12.0 Å². The van der Waals surface area contributed by atoms with Gasteiger partial charge in [0.1, 0.15) is 0 Å². The van der Waals surface area contributed by atoms with Gasteiger partial charge in [-0.2, -0.15) is 4.80 Å². The topological polar surface area (TPSA) is 129 Å².